The van der Waals surface area contributed by atoms with E-state index in [1.807, 2.05) is 21.1 Å². The summed E-state index contributed by atoms with van der Waals surface area (Å²) in [5, 5.41) is 14.0. The van der Waals surface area contributed by atoms with Crippen molar-refractivity contribution < 1.29 is 32.9 Å². The zero-order chi connectivity index (χ0) is 53.5. The van der Waals surface area contributed by atoms with Gasteiger partial charge in [-0.1, -0.05) is 258 Å². The van der Waals surface area contributed by atoms with Crippen molar-refractivity contribution in [1.29, 1.82) is 0 Å². The lowest BCUT2D eigenvalue weighted by atomic mass is 10.0. The van der Waals surface area contributed by atoms with Crippen LogP contribution in [-0.2, 0) is 18.4 Å². The highest BCUT2D eigenvalue weighted by Gasteiger charge is 2.24. The number of phosphoric ester groups is 1. The van der Waals surface area contributed by atoms with E-state index < -0.39 is 20.0 Å². The first kappa shape index (κ1) is 70.2. The summed E-state index contributed by atoms with van der Waals surface area (Å²) in [7, 11) is 1.29. The quantitative estimate of drug-likeness (QED) is 0.0272. The molecule has 0 aromatic rings. The Morgan fingerprint density at radius 3 is 1.22 bits per heavy atom. The molecule has 0 aliphatic heterocycles. The minimum absolute atomic E-state index is 0.00746. The Hall–Kier alpha value is -2.84. The highest BCUT2D eigenvalue weighted by molar-refractivity contribution is 7.45. The van der Waals surface area contributed by atoms with Crippen LogP contribution in [0.5, 0.6) is 0 Å². The van der Waals surface area contributed by atoms with Gasteiger partial charge in [-0.2, -0.15) is 0 Å². The number of hydrogen-bond donors (Lipinski definition) is 2. The number of amides is 1. The molecule has 3 unspecified atom stereocenters. The average molecular weight is 1040 g/mol. The molecular formula is C64H113N2O6P. The third-order valence-electron chi connectivity index (χ3n) is 12.8. The summed E-state index contributed by atoms with van der Waals surface area (Å²) >= 11 is 0. The number of likely N-dealkylation sites (N-methyl/N-ethyl adjacent to an activating group) is 1. The SMILES string of the molecule is CC/C=C\C/C=C\C/C=C\C/C=C\C/C=C\C/C=C\C/C=C\C/C=C\C/C=C\CCCCCCCCCCCCCC(=O)NC(COP(=O)([O-])OCC[N+](C)(C)C)C(O)CCCCCCCCCCCCCC. The number of hydrogen-bond acceptors (Lipinski definition) is 6. The Labute approximate surface area is 451 Å². The standard InChI is InChI=1S/C64H113N2O6P/c1-6-8-10-12-14-16-18-20-21-22-23-24-25-26-27-28-29-30-31-32-33-34-35-36-37-38-39-40-41-42-43-44-45-46-48-50-52-54-56-58-64(68)65-62(61-72-73(69,70)71-60-59-66(3,4)5)63(67)57-55-53-51-49-47-19-17-15-13-11-9-7-2/h8,10,14,16,20-21,23-24,26-27,29-30,32-33,35-36,38-39,62-63,67H,6-7,9,11-13,15,17-19,22,25,28,31,34,37,40-61H2,1-5H3,(H-,65,68,69,70)/b10-8-,16-14-,21-20-,24-23-,27-26-,30-29-,33-32-,36-35-,39-38-. The third kappa shape index (κ3) is 56.7. The summed E-state index contributed by atoms with van der Waals surface area (Å²) in [4.78, 5) is 25.5. The van der Waals surface area contributed by atoms with Gasteiger partial charge in [-0.25, -0.2) is 0 Å². The molecule has 0 aliphatic rings. The molecule has 73 heavy (non-hydrogen) atoms. The fourth-order valence-electron chi connectivity index (χ4n) is 8.15. The Balaban J connectivity index is 4.03. The molecule has 0 saturated carbocycles. The van der Waals surface area contributed by atoms with Gasteiger partial charge in [-0.15, -0.1) is 0 Å². The first-order chi connectivity index (χ1) is 35.5. The largest absolute Gasteiger partial charge is 0.756 e. The molecule has 9 heteroatoms. The average Bonchev–Trinajstić information content (AvgIpc) is 3.35. The van der Waals surface area contributed by atoms with E-state index in [0.717, 1.165) is 96.3 Å². The second kappa shape index (κ2) is 54.0. The van der Waals surface area contributed by atoms with Crippen LogP contribution in [0.25, 0.3) is 0 Å². The molecule has 8 nitrogen and oxygen atoms in total. The van der Waals surface area contributed by atoms with E-state index in [-0.39, 0.29) is 19.1 Å². The summed E-state index contributed by atoms with van der Waals surface area (Å²) in [5.74, 6) is -0.172. The fourth-order valence-corrected chi connectivity index (χ4v) is 8.87. The van der Waals surface area contributed by atoms with Crippen LogP contribution in [0.15, 0.2) is 109 Å². The van der Waals surface area contributed by atoms with Crippen LogP contribution in [0.2, 0.25) is 0 Å². The third-order valence-corrected chi connectivity index (χ3v) is 13.7. The van der Waals surface area contributed by atoms with E-state index in [2.05, 4.69) is 129 Å². The van der Waals surface area contributed by atoms with Crippen LogP contribution in [-0.4, -0.2) is 68.5 Å². The van der Waals surface area contributed by atoms with Gasteiger partial charge >= 0.3 is 0 Å². The maximum Gasteiger partial charge on any atom is 0.268 e. The fraction of sp³-hybridized carbons (Fsp3) is 0.703. The van der Waals surface area contributed by atoms with Crippen LogP contribution in [0.1, 0.15) is 239 Å². The lowest BCUT2D eigenvalue weighted by Gasteiger charge is -2.30. The van der Waals surface area contributed by atoms with Crippen molar-refractivity contribution in [1.82, 2.24) is 5.32 Å². The van der Waals surface area contributed by atoms with Crippen molar-refractivity contribution in [3.63, 3.8) is 0 Å². The molecule has 0 heterocycles. The number of nitrogens with one attached hydrogen (secondary N) is 1. The molecule has 0 fully saturated rings. The number of phosphoric acid groups is 1. The number of aliphatic hydroxyl groups excluding tert-OH is 1. The second-order valence-corrected chi connectivity index (χ2v) is 22.4. The maximum atomic E-state index is 13.0. The predicted octanol–water partition coefficient (Wildman–Crippen LogP) is 17.7. The van der Waals surface area contributed by atoms with E-state index in [9.17, 15) is 19.4 Å². The molecule has 0 radical (unpaired) electrons. The number of carbonyl (C=O) groups excluding carboxylic acids is 1. The first-order valence-corrected chi connectivity index (χ1v) is 31.2. The Bertz CT molecular complexity index is 1550. The van der Waals surface area contributed by atoms with Crippen molar-refractivity contribution in [2.75, 3.05) is 40.9 Å². The van der Waals surface area contributed by atoms with Gasteiger partial charge in [0.05, 0.1) is 39.9 Å². The maximum absolute atomic E-state index is 13.0. The molecule has 2 N–H and O–H groups in total. The monoisotopic (exact) mass is 1040 g/mol. The molecule has 0 aromatic carbocycles. The molecular weight excluding hydrogens is 924 g/mol. The molecule has 0 rings (SSSR count). The Kier molecular flexibility index (Phi) is 51.9. The lowest BCUT2D eigenvalue weighted by molar-refractivity contribution is -0.870. The molecule has 1 amide bonds. The number of allylic oxidation sites excluding steroid dienone is 18. The molecule has 0 aromatic heterocycles. The van der Waals surface area contributed by atoms with E-state index in [4.69, 9.17) is 9.05 Å². The van der Waals surface area contributed by atoms with Crippen LogP contribution in [0, 0.1) is 0 Å². The summed E-state index contributed by atoms with van der Waals surface area (Å²) < 4.78 is 23.4. The molecule has 0 saturated heterocycles. The van der Waals surface area contributed by atoms with Crippen LogP contribution < -0.4 is 10.2 Å². The summed E-state index contributed by atoms with van der Waals surface area (Å²) in [6, 6.07) is -0.807. The normalized spacial score (nSPS) is 14.7. The van der Waals surface area contributed by atoms with Crippen molar-refractivity contribution in [3.05, 3.63) is 109 Å². The number of rotatable bonds is 53. The van der Waals surface area contributed by atoms with Gasteiger partial charge in [-0.3, -0.25) is 9.36 Å². The second-order valence-electron chi connectivity index (χ2n) is 21.0. The van der Waals surface area contributed by atoms with Crippen LogP contribution in [0.4, 0.5) is 0 Å². The van der Waals surface area contributed by atoms with E-state index >= 15 is 0 Å². The van der Waals surface area contributed by atoms with Crippen LogP contribution in [0.3, 0.4) is 0 Å². The van der Waals surface area contributed by atoms with Crippen molar-refractivity contribution >= 4 is 13.7 Å². The number of unbranched alkanes of at least 4 members (excludes halogenated alkanes) is 22. The van der Waals surface area contributed by atoms with Gasteiger partial charge in [0.15, 0.2) is 0 Å². The lowest BCUT2D eigenvalue weighted by Crippen LogP contribution is -2.46. The molecule has 0 bridgehead atoms. The minimum Gasteiger partial charge on any atom is -0.756 e. The molecule has 420 valence electrons. The molecule has 0 spiro atoms. The predicted molar refractivity (Wildman–Crippen MR) is 316 cm³/mol. The number of aliphatic hydroxyl groups is 1. The number of quaternary nitrogens is 1. The zero-order valence-corrected chi connectivity index (χ0v) is 48.7. The highest BCUT2D eigenvalue weighted by atomic mass is 31.2. The Morgan fingerprint density at radius 2 is 0.836 bits per heavy atom. The number of nitrogens with zero attached hydrogens (tertiary/aromatic N) is 1. The van der Waals surface area contributed by atoms with E-state index in [1.54, 1.807) is 0 Å². The summed E-state index contributed by atoms with van der Waals surface area (Å²) in [6.45, 7) is 4.59. The minimum atomic E-state index is -4.57. The summed E-state index contributed by atoms with van der Waals surface area (Å²) in [6.07, 6.45) is 78.4. The highest BCUT2D eigenvalue weighted by Crippen LogP contribution is 2.38. The smallest absolute Gasteiger partial charge is 0.268 e. The van der Waals surface area contributed by atoms with Crippen LogP contribution >= 0.6 is 7.82 Å². The van der Waals surface area contributed by atoms with Gasteiger partial charge in [-0.05, 0) is 83.5 Å². The molecule has 0 aliphatic carbocycles. The van der Waals surface area contributed by atoms with Crippen molar-refractivity contribution in [3.8, 4) is 0 Å². The molecule has 3 atom stereocenters. The van der Waals surface area contributed by atoms with E-state index in [0.29, 0.717) is 23.9 Å². The van der Waals surface area contributed by atoms with Crippen molar-refractivity contribution in [2.24, 2.45) is 0 Å². The van der Waals surface area contributed by atoms with Gasteiger partial charge in [0.2, 0.25) is 5.91 Å². The first-order valence-electron chi connectivity index (χ1n) is 29.7. The van der Waals surface area contributed by atoms with Gasteiger partial charge in [0.1, 0.15) is 13.2 Å². The summed E-state index contributed by atoms with van der Waals surface area (Å²) in [5.41, 5.74) is 0. The number of carbonyl (C=O) groups is 1. The van der Waals surface area contributed by atoms with Gasteiger partial charge in [0, 0.05) is 6.42 Å². The van der Waals surface area contributed by atoms with Gasteiger partial charge < -0.3 is 28.8 Å². The van der Waals surface area contributed by atoms with E-state index in [1.165, 1.54) is 116 Å². The zero-order valence-electron chi connectivity index (χ0n) is 47.8. The topological polar surface area (TPSA) is 108 Å². The van der Waals surface area contributed by atoms with Crippen molar-refractivity contribution in [2.45, 2.75) is 251 Å². The van der Waals surface area contributed by atoms with Gasteiger partial charge in [0.25, 0.3) is 7.82 Å². The Morgan fingerprint density at radius 1 is 0.493 bits per heavy atom.